The van der Waals surface area contributed by atoms with E-state index in [1.54, 1.807) is 11.9 Å². The van der Waals surface area contributed by atoms with E-state index in [-0.39, 0.29) is 43.7 Å². The van der Waals surface area contributed by atoms with Crippen LogP contribution in [0.2, 0.25) is 0 Å². The van der Waals surface area contributed by atoms with Crippen molar-refractivity contribution < 1.29 is 33.4 Å². The number of likely N-dealkylation sites (N-methyl/N-ethyl adjacent to an activating group) is 1. The van der Waals surface area contributed by atoms with E-state index >= 15 is 0 Å². The number of amides is 5. The second-order valence-corrected chi connectivity index (χ2v) is 17.7. The van der Waals surface area contributed by atoms with Gasteiger partial charge in [-0.15, -0.1) is 0 Å². The maximum Gasteiger partial charge on any atom is 0.245 e. The molecule has 14 nitrogen and oxygen atoms in total. The number of fused-ring (bicyclic) bond motifs is 2. The lowest BCUT2D eigenvalue weighted by Gasteiger charge is -2.36. The van der Waals surface area contributed by atoms with E-state index in [4.69, 9.17) is 20.9 Å². The first-order chi connectivity index (χ1) is 26.4. The van der Waals surface area contributed by atoms with Gasteiger partial charge >= 0.3 is 0 Å². The third-order valence-electron chi connectivity index (χ3n) is 13.2. The molecule has 2 bridgehead atoms. The van der Waals surface area contributed by atoms with Crippen LogP contribution in [0.5, 0.6) is 0 Å². The molecule has 4 aliphatic carbocycles. The third-order valence-corrected chi connectivity index (χ3v) is 13.2. The molecule has 0 aromatic carbocycles. The van der Waals surface area contributed by atoms with Crippen molar-refractivity contribution in [2.45, 2.75) is 172 Å². The van der Waals surface area contributed by atoms with Crippen LogP contribution in [-0.2, 0) is 33.4 Å². The highest BCUT2D eigenvalue weighted by Gasteiger charge is 2.41. The lowest BCUT2D eigenvalue weighted by molar-refractivity contribution is -0.147. The van der Waals surface area contributed by atoms with Crippen LogP contribution in [0.25, 0.3) is 0 Å². The zero-order valence-electron chi connectivity index (χ0n) is 33.9. The maximum absolute atomic E-state index is 14.4. The summed E-state index contributed by atoms with van der Waals surface area (Å²) in [4.78, 5) is 72.0. The van der Waals surface area contributed by atoms with E-state index in [2.05, 4.69) is 21.3 Å². The summed E-state index contributed by atoms with van der Waals surface area (Å²) < 4.78 is 12.6. The summed E-state index contributed by atoms with van der Waals surface area (Å²) in [7, 11) is 1.68. The van der Waals surface area contributed by atoms with Crippen LogP contribution >= 0.6 is 0 Å². The average molecular weight is 774 g/mol. The Labute approximate surface area is 328 Å². The van der Waals surface area contributed by atoms with Crippen molar-refractivity contribution in [2.75, 3.05) is 26.8 Å². The number of hydrogen-bond acceptors (Lipinski definition) is 9. The van der Waals surface area contributed by atoms with Gasteiger partial charge in [-0.25, -0.2) is 0 Å². The standard InChI is InChI=1S/C41H71N7O7/c1-5-10-34-39(51)47-36(29-11-8-6-7-9-12-29)40(52)45-32(21-42)37(49)46-33(23-54-31-19-30(43)20-31)38(50)44-24(2)22-55-35(25(3)41(53)48(34)4)18-28-16-26-13-14-27(15-26)17-28/h24-36H,5-23,42-43H2,1-4H3,(H,44,50)(H,45,52)(H,46,49)(H,47,51)/t24-,25-,26-,27+,28-,30-,31-,32+,33+,34+,35-,36+/m1/s1. The van der Waals surface area contributed by atoms with Crippen molar-refractivity contribution >= 4 is 29.5 Å². The number of nitrogens with two attached hydrogens (primary N) is 2. The topological polar surface area (TPSA) is 207 Å². The van der Waals surface area contributed by atoms with Gasteiger partial charge in [-0.2, -0.15) is 0 Å². The molecule has 4 saturated carbocycles. The summed E-state index contributed by atoms with van der Waals surface area (Å²) in [6.07, 6.45) is 14.1. The number of nitrogens with one attached hydrogen (secondary N) is 4. The molecule has 312 valence electrons. The fourth-order valence-corrected chi connectivity index (χ4v) is 9.86. The lowest BCUT2D eigenvalue weighted by atomic mass is 9.77. The fraction of sp³-hybridized carbons (Fsp3) is 0.878. The Kier molecular flexibility index (Phi) is 16.2. The molecule has 5 rings (SSSR count). The normalized spacial score (nSPS) is 38.0. The van der Waals surface area contributed by atoms with Gasteiger partial charge in [0.1, 0.15) is 24.2 Å². The molecule has 5 amide bonds. The quantitative estimate of drug-likeness (QED) is 0.190. The van der Waals surface area contributed by atoms with Gasteiger partial charge in [0.15, 0.2) is 0 Å². The summed E-state index contributed by atoms with van der Waals surface area (Å²) in [5.74, 6) is -0.998. The number of carbonyl (C=O) groups is 5. The van der Waals surface area contributed by atoms with Crippen molar-refractivity contribution in [1.82, 2.24) is 26.2 Å². The van der Waals surface area contributed by atoms with Gasteiger partial charge in [0.25, 0.3) is 0 Å². The number of hydrogen-bond donors (Lipinski definition) is 6. The summed E-state index contributed by atoms with van der Waals surface area (Å²) in [5.41, 5.74) is 12.0. The Morgan fingerprint density at radius 1 is 0.782 bits per heavy atom. The highest BCUT2D eigenvalue weighted by Crippen LogP contribution is 2.46. The molecule has 5 aliphatic rings. The van der Waals surface area contributed by atoms with Crippen LogP contribution in [0, 0.1) is 29.6 Å². The number of ether oxygens (including phenoxy) is 2. The molecule has 0 aromatic rings. The number of nitrogens with zero attached hydrogens (tertiary/aromatic N) is 1. The number of carbonyl (C=O) groups excluding carboxylic acids is 5. The predicted molar refractivity (Wildman–Crippen MR) is 209 cm³/mol. The molecule has 10 atom stereocenters. The Morgan fingerprint density at radius 3 is 2.04 bits per heavy atom. The predicted octanol–water partition coefficient (Wildman–Crippen LogP) is 2.26. The Bertz CT molecular complexity index is 1290. The first-order valence-corrected chi connectivity index (χ1v) is 21.5. The Morgan fingerprint density at radius 2 is 1.42 bits per heavy atom. The smallest absolute Gasteiger partial charge is 0.245 e. The molecule has 1 heterocycles. The molecule has 0 unspecified atom stereocenters. The highest BCUT2D eigenvalue weighted by atomic mass is 16.5. The van der Waals surface area contributed by atoms with Crippen LogP contribution in [0.3, 0.4) is 0 Å². The summed E-state index contributed by atoms with van der Waals surface area (Å²) in [6.45, 7) is 5.54. The second-order valence-electron chi connectivity index (χ2n) is 17.7. The minimum atomic E-state index is -1.17. The molecule has 0 aromatic heterocycles. The molecule has 14 heteroatoms. The second kappa shape index (κ2) is 20.6. The monoisotopic (exact) mass is 774 g/mol. The van der Waals surface area contributed by atoms with Crippen molar-refractivity contribution in [1.29, 1.82) is 0 Å². The van der Waals surface area contributed by atoms with Crippen LogP contribution in [0.4, 0.5) is 0 Å². The van der Waals surface area contributed by atoms with Crippen molar-refractivity contribution in [3.05, 3.63) is 0 Å². The fourth-order valence-electron chi connectivity index (χ4n) is 9.86. The van der Waals surface area contributed by atoms with E-state index in [0.29, 0.717) is 31.6 Å². The maximum atomic E-state index is 14.4. The summed E-state index contributed by atoms with van der Waals surface area (Å²) >= 11 is 0. The van der Waals surface area contributed by atoms with Crippen molar-refractivity contribution in [3.63, 3.8) is 0 Å². The first-order valence-electron chi connectivity index (χ1n) is 21.5. The average Bonchev–Trinajstić information content (AvgIpc) is 3.30. The van der Waals surface area contributed by atoms with Crippen LogP contribution in [0.1, 0.15) is 124 Å². The summed E-state index contributed by atoms with van der Waals surface area (Å²) in [6, 6.07) is -4.39. The lowest BCUT2D eigenvalue weighted by Crippen LogP contribution is -2.62. The zero-order valence-corrected chi connectivity index (χ0v) is 33.9. The molecular formula is C41H71N7O7. The van der Waals surface area contributed by atoms with Gasteiger partial charge in [0.05, 0.1) is 31.3 Å². The molecule has 0 radical (unpaired) electrons. The van der Waals surface area contributed by atoms with Gasteiger partial charge in [0.2, 0.25) is 29.5 Å². The molecule has 0 spiro atoms. The van der Waals surface area contributed by atoms with Gasteiger partial charge in [-0.3, -0.25) is 24.0 Å². The molecule has 55 heavy (non-hydrogen) atoms. The number of rotatable bonds is 9. The molecule has 1 aliphatic heterocycles. The van der Waals surface area contributed by atoms with Crippen LogP contribution < -0.4 is 32.7 Å². The van der Waals surface area contributed by atoms with Gasteiger partial charge in [-0.05, 0) is 88.4 Å². The third kappa shape index (κ3) is 11.9. The van der Waals surface area contributed by atoms with Crippen molar-refractivity contribution in [2.24, 2.45) is 41.1 Å². The molecule has 1 saturated heterocycles. The Balaban J connectivity index is 1.44. The van der Waals surface area contributed by atoms with Gasteiger partial charge < -0.3 is 47.1 Å². The highest BCUT2D eigenvalue weighted by molar-refractivity contribution is 5.96. The van der Waals surface area contributed by atoms with E-state index in [0.717, 1.165) is 69.6 Å². The van der Waals surface area contributed by atoms with Crippen LogP contribution in [-0.4, -0.2) is 110 Å². The SMILES string of the molecule is CCC[C@H]1C(=O)N[C@@H](C2CCCCCC2)C(=O)N[C@@H](CN)C(=O)N[C@@H](CO[C@H]2C[C@H](N)C2)C(=O)N[C@H](C)CO[C@H](C[C@@H]2C[C@@H]3CC[C@@H](C3)C2)[C@@H](C)C(=O)N1C. The Hall–Kier alpha value is -2.81. The van der Waals surface area contributed by atoms with E-state index in [1.807, 2.05) is 20.8 Å². The van der Waals surface area contributed by atoms with Crippen LogP contribution in [0.15, 0.2) is 0 Å². The van der Waals surface area contributed by atoms with Crippen molar-refractivity contribution in [3.8, 4) is 0 Å². The minimum Gasteiger partial charge on any atom is -0.375 e. The van der Waals surface area contributed by atoms with E-state index < -0.39 is 65.9 Å². The molecule has 5 fully saturated rings. The van der Waals surface area contributed by atoms with E-state index in [1.165, 1.54) is 19.3 Å². The van der Waals surface area contributed by atoms with Gasteiger partial charge in [0, 0.05) is 25.7 Å². The van der Waals surface area contributed by atoms with Gasteiger partial charge in [-0.1, -0.05) is 58.8 Å². The largest absolute Gasteiger partial charge is 0.375 e. The minimum absolute atomic E-state index is 0.0434. The molecular weight excluding hydrogens is 702 g/mol. The zero-order chi connectivity index (χ0) is 39.6. The molecule has 8 N–H and O–H groups in total. The summed E-state index contributed by atoms with van der Waals surface area (Å²) in [5, 5.41) is 11.6. The van der Waals surface area contributed by atoms with E-state index in [9.17, 15) is 24.0 Å². The first kappa shape index (κ1) is 43.3.